The van der Waals surface area contributed by atoms with Crippen LogP contribution in [0.15, 0.2) is 0 Å². The quantitative estimate of drug-likeness (QED) is 0.460. The number of hydrogen-bond acceptors (Lipinski definition) is 8. The first-order valence-electron chi connectivity index (χ1n) is 9.44. The maximum absolute atomic E-state index is 11.9. The van der Waals surface area contributed by atoms with Gasteiger partial charge in [-0.1, -0.05) is 6.92 Å². The highest BCUT2D eigenvalue weighted by Gasteiger charge is 2.52. The van der Waals surface area contributed by atoms with Gasteiger partial charge in [-0.2, -0.15) is 16.8 Å². The molecule has 0 aromatic rings. The molecule has 160 valence electrons. The number of aliphatic hydroxyl groups is 2. The molecule has 0 amide bonds. The molecule has 0 atom stereocenters. The first-order valence-corrected chi connectivity index (χ1v) is 13.1. The largest absolute Gasteiger partial charge is 0.393 e. The molecule has 0 heterocycles. The average molecular weight is 429 g/mol. The van der Waals surface area contributed by atoms with Crippen LogP contribution in [0.2, 0.25) is 0 Å². The molecular formula is C17H32O8S2. The summed E-state index contributed by atoms with van der Waals surface area (Å²) in [6, 6.07) is 0. The van der Waals surface area contributed by atoms with Gasteiger partial charge in [-0.3, -0.25) is 0 Å². The molecule has 8 nitrogen and oxygen atoms in total. The molecule has 0 radical (unpaired) electrons. The van der Waals surface area contributed by atoms with Crippen molar-refractivity contribution >= 4 is 20.2 Å². The molecule has 0 saturated heterocycles. The Bertz CT molecular complexity index is 630. The fourth-order valence-electron chi connectivity index (χ4n) is 4.65. The van der Waals surface area contributed by atoms with Crippen LogP contribution in [-0.4, -0.2) is 58.1 Å². The van der Waals surface area contributed by atoms with E-state index in [1.807, 2.05) is 6.92 Å². The zero-order valence-corrected chi connectivity index (χ0v) is 17.8. The van der Waals surface area contributed by atoms with E-state index in [-0.39, 0.29) is 11.8 Å². The average Bonchev–Trinajstić information content (AvgIpc) is 2.52. The van der Waals surface area contributed by atoms with Crippen LogP contribution in [-0.2, 0) is 28.6 Å². The van der Waals surface area contributed by atoms with Crippen molar-refractivity contribution in [2.75, 3.05) is 12.5 Å². The molecule has 2 saturated carbocycles. The summed E-state index contributed by atoms with van der Waals surface area (Å²) in [6.07, 6.45) is 4.29. The molecule has 2 fully saturated rings. The third-order valence-electron chi connectivity index (χ3n) is 6.18. The van der Waals surface area contributed by atoms with E-state index < -0.39 is 44.1 Å². The van der Waals surface area contributed by atoms with Crippen molar-refractivity contribution < 1.29 is 35.4 Å². The molecule has 0 aromatic carbocycles. The lowest BCUT2D eigenvalue weighted by Crippen LogP contribution is -2.51. The molecule has 0 bridgehead atoms. The molecule has 0 aromatic heterocycles. The van der Waals surface area contributed by atoms with Crippen LogP contribution in [0.25, 0.3) is 0 Å². The molecule has 10 heteroatoms. The van der Waals surface area contributed by atoms with Gasteiger partial charge >= 0.3 is 0 Å². The summed E-state index contributed by atoms with van der Waals surface area (Å²) in [5, 5.41) is 19.7. The summed E-state index contributed by atoms with van der Waals surface area (Å²) in [6.45, 7) is 1.83. The summed E-state index contributed by atoms with van der Waals surface area (Å²) in [7, 11) is -7.93. The third-order valence-corrected chi connectivity index (χ3v) is 7.23. The van der Waals surface area contributed by atoms with Gasteiger partial charge in [0.05, 0.1) is 24.7 Å². The van der Waals surface area contributed by atoms with Crippen LogP contribution in [0.3, 0.4) is 0 Å². The van der Waals surface area contributed by atoms with Gasteiger partial charge in [-0.25, -0.2) is 8.37 Å². The van der Waals surface area contributed by atoms with Crippen molar-refractivity contribution in [3.05, 3.63) is 0 Å². The van der Waals surface area contributed by atoms with Crippen LogP contribution in [0.1, 0.15) is 58.3 Å². The van der Waals surface area contributed by atoms with E-state index in [4.69, 9.17) is 8.37 Å². The molecule has 2 N–H and O–H groups in total. The van der Waals surface area contributed by atoms with E-state index in [9.17, 15) is 27.0 Å². The SMILES string of the molecule is CC(C1CCC(O)CC1)(C1CCC(O)CC1)C(OS(C)(=O)=O)OS(C)(=O)=O. The summed E-state index contributed by atoms with van der Waals surface area (Å²) in [5.74, 6) is -0.121. The van der Waals surface area contributed by atoms with E-state index in [2.05, 4.69) is 0 Å². The lowest BCUT2D eigenvalue weighted by molar-refractivity contribution is -0.156. The Hall–Kier alpha value is -0.260. The number of aliphatic hydroxyl groups excluding tert-OH is 2. The Labute approximate surface area is 162 Å². The van der Waals surface area contributed by atoms with Crippen LogP contribution in [0.4, 0.5) is 0 Å². The molecule has 27 heavy (non-hydrogen) atoms. The second-order valence-electron chi connectivity index (χ2n) is 8.31. The Morgan fingerprint density at radius 1 is 0.741 bits per heavy atom. The highest BCUT2D eigenvalue weighted by molar-refractivity contribution is 7.86. The number of rotatable bonds is 7. The smallest absolute Gasteiger partial charge is 0.266 e. The fraction of sp³-hybridized carbons (Fsp3) is 1.00. The van der Waals surface area contributed by atoms with Gasteiger partial charge in [0.15, 0.2) is 6.29 Å². The van der Waals surface area contributed by atoms with E-state index in [0.717, 1.165) is 12.5 Å². The first-order chi connectivity index (χ1) is 12.3. The normalized spacial score (nSPS) is 33.0. The zero-order valence-electron chi connectivity index (χ0n) is 16.2. The maximum Gasteiger partial charge on any atom is 0.266 e. The molecule has 0 spiro atoms. The lowest BCUT2D eigenvalue weighted by atomic mass is 9.59. The molecule has 2 rings (SSSR count). The van der Waals surface area contributed by atoms with Crippen molar-refractivity contribution in [1.29, 1.82) is 0 Å². The maximum atomic E-state index is 11.9. The van der Waals surface area contributed by atoms with Gasteiger partial charge in [0, 0.05) is 5.41 Å². The highest BCUT2D eigenvalue weighted by atomic mass is 32.2. The molecule has 2 aliphatic carbocycles. The lowest BCUT2D eigenvalue weighted by Gasteiger charge is -2.50. The predicted octanol–water partition coefficient (Wildman–Crippen LogP) is 1.37. The van der Waals surface area contributed by atoms with Gasteiger partial charge in [0.25, 0.3) is 20.2 Å². The minimum Gasteiger partial charge on any atom is -0.393 e. The van der Waals surface area contributed by atoms with Crippen molar-refractivity contribution in [3.8, 4) is 0 Å². The summed E-state index contributed by atoms with van der Waals surface area (Å²) in [5.41, 5.74) is -0.883. The van der Waals surface area contributed by atoms with Crippen LogP contribution in [0.5, 0.6) is 0 Å². The monoisotopic (exact) mass is 428 g/mol. The number of hydrogen-bond donors (Lipinski definition) is 2. The van der Waals surface area contributed by atoms with Crippen molar-refractivity contribution in [1.82, 2.24) is 0 Å². The van der Waals surface area contributed by atoms with Crippen molar-refractivity contribution in [3.63, 3.8) is 0 Å². The first kappa shape index (κ1) is 23.0. The molecule has 2 aliphatic rings. The van der Waals surface area contributed by atoms with E-state index >= 15 is 0 Å². The third kappa shape index (κ3) is 6.37. The Morgan fingerprint density at radius 2 is 1.04 bits per heavy atom. The fourth-order valence-corrected chi connectivity index (χ4v) is 5.83. The van der Waals surface area contributed by atoms with Crippen LogP contribution >= 0.6 is 0 Å². The van der Waals surface area contributed by atoms with Gasteiger partial charge in [-0.15, -0.1) is 0 Å². The molecular weight excluding hydrogens is 396 g/mol. The van der Waals surface area contributed by atoms with E-state index in [0.29, 0.717) is 51.4 Å². The molecule has 0 unspecified atom stereocenters. The topological polar surface area (TPSA) is 127 Å². The predicted molar refractivity (Wildman–Crippen MR) is 99.7 cm³/mol. The summed E-state index contributed by atoms with van der Waals surface area (Å²) in [4.78, 5) is 0. The van der Waals surface area contributed by atoms with Crippen LogP contribution in [0, 0.1) is 17.3 Å². The van der Waals surface area contributed by atoms with Gasteiger partial charge in [0.2, 0.25) is 0 Å². The van der Waals surface area contributed by atoms with E-state index in [1.54, 1.807) is 0 Å². The highest BCUT2D eigenvalue weighted by Crippen LogP contribution is 2.52. The minimum atomic E-state index is -3.97. The summed E-state index contributed by atoms with van der Waals surface area (Å²) >= 11 is 0. The van der Waals surface area contributed by atoms with E-state index in [1.165, 1.54) is 0 Å². The van der Waals surface area contributed by atoms with Gasteiger partial charge < -0.3 is 10.2 Å². The zero-order chi connectivity index (χ0) is 20.5. The minimum absolute atomic E-state index is 0.0605. The molecule has 0 aliphatic heterocycles. The standard InChI is InChI=1S/C17H32O8S2/c1-17(12-4-8-14(18)9-5-12,13-6-10-15(19)11-7-13)16(24-26(2,20)21)25-27(3,22)23/h12-16,18-19H,4-11H2,1-3H3. The second-order valence-corrected chi connectivity index (χ2v) is 11.5. The Kier molecular flexibility index (Phi) is 7.35. The van der Waals surface area contributed by atoms with Crippen LogP contribution < -0.4 is 0 Å². The Balaban J connectivity index is 2.42. The summed E-state index contributed by atoms with van der Waals surface area (Å²) < 4.78 is 57.8. The van der Waals surface area contributed by atoms with Gasteiger partial charge in [-0.05, 0) is 63.2 Å². The van der Waals surface area contributed by atoms with Crippen molar-refractivity contribution in [2.45, 2.75) is 76.8 Å². The second kappa shape index (κ2) is 8.62. The Morgan fingerprint density at radius 3 is 1.30 bits per heavy atom. The van der Waals surface area contributed by atoms with Gasteiger partial charge in [0.1, 0.15) is 0 Å². The van der Waals surface area contributed by atoms with Crippen molar-refractivity contribution in [2.24, 2.45) is 17.3 Å².